The highest BCUT2D eigenvalue weighted by Gasteiger charge is 2.30. The second-order valence-electron chi connectivity index (χ2n) is 5.33. The first-order valence-corrected chi connectivity index (χ1v) is 8.28. The summed E-state index contributed by atoms with van der Waals surface area (Å²) in [7, 11) is 1.69. The summed E-state index contributed by atoms with van der Waals surface area (Å²) in [6.07, 6.45) is -4.37. The van der Waals surface area contributed by atoms with E-state index in [0.29, 0.717) is 27.9 Å². The normalized spacial score (nSPS) is 11.7. The second kappa shape index (κ2) is 6.87. The van der Waals surface area contributed by atoms with Crippen molar-refractivity contribution in [3.05, 3.63) is 65.5 Å². The van der Waals surface area contributed by atoms with Gasteiger partial charge < -0.3 is 4.57 Å². The van der Waals surface area contributed by atoms with Crippen LogP contribution in [0.25, 0.3) is 11.4 Å². The van der Waals surface area contributed by atoms with Crippen LogP contribution < -0.4 is 0 Å². The molecule has 0 unspecified atom stereocenters. The van der Waals surface area contributed by atoms with Gasteiger partial charge in [-0.15, -0.1) is 10.2 Å². The molecule has 0 atom stereocenters. The molecule has 3 aromatic rings. The molecule has 0 N–H and O–H groups in total. The van der Waals surface area contributed by atoms with E-state index in [2.05, 4.69) is 10.2 Å². The number of aromatic nitrogens is 3. The van der Waals surface area contributed by atoms with Crippen LogP contribution in [0, 0.1) is 5.82 Å². The van der Waals surface area contributed by atoms with Crippen molar-refractivity contribution in [1.82, 2.24) is 14.8 Å². The summed E-state index contributed by atoms with van der Waals surface area (Å²) < 4.78 is 53.8. The molecule has 0 aliphatic carbocycles. The van der Waals surface area contributed by atoms with Crippen LogP contribution in [0.2, 0.25) is 0 Å². The highest BCUT2D eigenvalue weighted by atomic mass is 32.2. The summed E-state index contributed by atoms with van der Waals surface area (Å²) in [6, 6.07) is 11.4. The van der Waals surface area contributed by atoms with Gasteiger partial charge in [0.2, 0.25) is 0 Å². The predicted octanol–water partition coefficient (Wildman–Crippen LogP) is 4.93. The van der Waals surface area contributed by atoms with Gasteiger partial charge in [0.15, 0.2) is 11.0 Å². The van der Waals surface area contributed by atoms with Crippen molar-refractivity contribution in [1.29, 1.82) is 0 Å². The molecule has 0 spiro atoms. The van der Waals surface area contributed by atoms with Gasteiger partial charge in [-0.1, -0.05) is 42.1 Å². The summed E-state index contributed by atoms with van der Waals surface area (Å²) in [6.45, 7) is 0. The number of rotatable bonds is 4. The van der Waals surface area contributed by atoms with Crippen molar-refractivity contribution in [3.8, 4) is 11.4 Å². The Morgan fingerprint density at radius 1 is 1.04 bits per heavy atom. The quantitative estimate of drug-likeness (QED) is 0.484. The molecular weight excluding hydrogens is 354 g/mol. The van der Waals surface area contributed by atoms with Gasteiger partial charge in [0.1, 0.15) is 5.82 Å². The molecule has 130 valence electrons. The van der Waals surface area contributed by atoms with Crippen molar-refractivity contribution in [2.24, 2.45) is 7.05 Å². The Kier molecular flexibility index (Phi) is 4.80. The maximum absolute atomic E-state index is 13.9. The van der Waals surface area contributed by atoms with Crippen molar-refractivity contribution in [2.45, 2.75) is 17.1 Å². The van der Waals surface area contributed by atoms with E-state index in [4.69, 9.17) is 0 Å². The van der Waals surface area contributed by atoms with Crippen LogP contribution in [0.15, 0.2) is 53.7 Å². The van der Waals surface area contributed by atoms with Gasteiger partial charge in [-0.25, -0.2) is 4.39 Å². The number of hydrogen-bond donors (Lipinski definition) is 0. The fraction of sp³-hybridized carbons (Fsp3) is 0.176. The standard InChI is InChI=1S/C17H13F4N3S/c1-24-15(13-7-2-3-8-14(13)18)22-23-16(24)25-10-11-5-4-6-12(9-11)17(19,20)21/h2-9H,10H2,1H3. The summed E-state index contributed by atoms with van der Waals surface area (Å²) >= 11 is 1.24. The number of halogens is 4. The van der Waals surface area contributed by atoms with Crippen LogP contribution in [0.5, 0.6) is 0 Å². The van der Waals surface area contributed by atoms with Gasteiger partial charge >= 0.3 is 6.18 Å². The van der Waals surface area contributed by atoms with Gasteiger partial charge in [0.05, 0.1) is 11.1 Å². The lowest BCUT2D eigenvalue weighted by atomic mass is 10.1. The first kappa shape index (κ1) is 17.5. The van der Waals surface area contributed by atoms with Gasteiger partial charge in [0.25, 0.3) is 0 Å². The molecular formula is C17H13F4N3S. The Bertz CT molecular complexity index is 890. The Balaban J connectivity index is 1.78. The van der Waals surface area contributed by atoms with E-state index in [1.807, 2.05) is 0 Å². The maximum Gasteiger partial charge on any atom is 0.416 e. The molecule has 1 heterocycles. The summed E-state index contributed by atoms with van der Waals surface area (Å²) in [4.78, 5) is 0. The fourth-order valence-electron chi connectivity index (χ4n) is 2.30. The zero-order chi connectivity index (χ0) is 18.0. The first-order chi connectivity index (χ1) is 11.9. The van der Waals surface area contributed by atoms with Crippen LogP contribution in [0.4, 0.5) is 17.6 Å². The van der Waals surface area contributed by atoms with Crippen molar-refractivity contribution in [3.63, 3.8) is 0 Å². The van der Waals surface area contributed by atoms with E-state index in [0.717, 1.165) is 12.1 Å². The minimum Gasteiger partial charge on any atom is -0.305 e. The molecule has 0 aliphatic heterocycles. The van der Waals surface area contributed by atoms with Crippen LogP contribution >= 0.6 is 11.8 Å². The van der Waals surface area contributed by atoms with Crippen LogP contribution in [0.3, 0.4) is 0 Å². The average molecular weight is 367 g/mol. The minimum atomic E-state index is -4.37. The van der Waals surface area contributed by atoms with Gasteiger partial charge in [0, 0.05) is 12.8 Å². The number of benzene rings is 2. The smallest absolute Gasteiger partial charge is 0.305 e. The number of nitrogens with zero attached hydrogens (tertiary/aromatic N) is 3. The van der Waals surface area contributed by atoms with Gasteiger partial charge in [-0.3, -0.25) is 0 Å². The van der Waals surface area contributed by atoms with Crippen LogP contribution in [0.1, 0.15) is 11.1 Å². The lowest BCUT2D eigenvalue weighted by Gasteiger charge is -2.08. The third-order valence-corrected chi connectivity index (χ3v) is 4.66. The van der Waals surface area contributed by atoms with Crippen molar-refractivity contribution < 1.29 is 17.6 Å². The molecule has 0 saturated carbocycles. The largest absolute Gasteiger partial charge is 0.416 e. The Morgan fingerprint density at radius 2 is 1.80 bits per heavy atom. The first-order valence-electron chi connectivity index (χ1n) is 7.29. The van der Waals surface area contributed by atoms with Crippen LogP contribution in [-0.2, 0) is 19.0 Å². The summed E-state index contributed by atoms with van der Waals surface area (Å²) in [5.41, 5.74) is 0.161. The van der Waals surface area contributed by atoms with E-state index >= 15 is 0 Å². The third kappa shape index (κ3) is 3.84. The van der Waals surface area contributed by atoms with E-state index in [1.54, 1.807) is 35.9 Å². The monoisotopic (exact) mass is 367 g/mol. The topological polar surface area (TPSA) is 30.7 Å². The van der Waals surface area contributed by atoms with Gasteiger partial charge in [-0.05, 0) is 23.8 Å². The molecule has 3 nitrogen and oxygen atoms in total. The lowest BCUT2D eigenvalue weighted by molar-refractivity contribution is -0.137. The van der Waals surface area contributed by atoms with E-state index in [-0.39, 0.29) is 0 Å². The predicted molar refractivity (Wildman–Crippen MR) is 87.4 cm³/mol. The highest BCUT2D eigenvalue weighted by Crippen LogP contribution is 2.31. The molecule has 8 heteroatoms. The molecule has 0 fully saturated rings. The molecule has 2 aromatic carbocycles. The summed E-state index contributed by atoms with van der Waals surface area (Å²) in [5.74, 6) is 0.254. The zero-order valence-corrected chi connectivity index (χ0v) is 13.9. The third-order valence-electron chi connectivity index (χ3n) is 3.57. The van der Waals surface area contributed by atoms with E-state index < -0.39 is 17.6 Å². The van der Waals surface area contributed by atoms with E-state index in [1.165, 1.54) is 23.9 Å². The van der Waals surface area contributed by atoms with Crippen molar-refractivity contribution in [2.75, 3.05) is 0 Å². The highest BCUT2D eigenvalue weighted by molar-refractivity contribution is 7.98. The van der Waals surface area contributed by atoms with Crippen LogP contribution in [-0.4, -0.2) is 14.8 Å². The summed E-state index contributed by atoms with van der Waals surface area (Å²) in [5, 5.41) is 8.49. The minimum absolute atomic E-state index is 0.299. The molecule has 0 bridgehead atoms. The Hall–Kier alpha value is -2.35. The Morgan fingerprint density at radius 3 is 2.52 bits per heavy atom. The number of alkyl halides is 3. The molecule has 3 rings (SSSR count). The molecule has 0 radical (unpaired) electrons. The number of hydrogen-bond acceptors (Lipinski definition) is 3. The second-order valence-corrected chi connectivity index (χ2v) is 6.27. The Labute approximate surface area is 145 Å². The van der Waals surface area contributed by atoms with Gasteiger partial charge in [-0.2, -0.15) is 13.2 Å². The molecule has 0 amide bonds. The molecule has 25 heavy (non-hydrogen) atoms. The van der Waals surface area contributed by atoms with E-state index in [9.17, 15) is 17.6 Å². The SMILES string of the molecule is Cn1c(SCc2cccc(C(F)(F)F)c2)nnc1-c1ccccc1F. The zero-order valence-electron chi connectivity index (χ0n) is 13.1. The fourth-order valence-corrected chi connectivity index (χ4v) is 3.16. The molecule has 0 saturated heterocycles. The lowest BCUT2D eigenvalue weighted by Crippen LogP contribution is -2.05. The van der Waals surface area contributed by atoms with Crippen molar-refractivity contribution >= 4 is 11.8 Å². The maximum atomic E-state index is 13.9. The average Bonchev–Trinajstić information content (AvgIpc) is 2.94. The number of thioether (sulfide) groups is 1. The molecule has 0 aliphatic rings. The molecule has 1 aromatic heterocycles.